The molecule has 0 fully saturated rings. The summed E-state index contributed by atoms with van der Waals surface area (Å²) >= 11 is 2.13. The molecule has 0 saturated carbocycles. The molecule has 0 spiro atoms. The predicted molar refractivity (Wildman–Crippen MR) is 105 cm³/mol. The molecule has 126 valence electrons. The van der Waals surface area contributed by atoms with Crippen LogP contribution in [0.25, 0.3) is 11.3 Å². The molecular weight excluding hydrogens is 429 g/mol. The summed E-state index contributed by atoms with van der Waals surface area (Å²) in [5, 5.41) is 2.83. The second-order valence-electron chi connectivity index (χ2n) is 5.41. The summed E-state index contributed by atoms with van der Waals surface area (Å²) < 4.78 is 2.38. The van der Waals surface area contributed by atoms with Crippen LogP contribution < -0.4 is 10.9 Å². The highest BCUT2D eigenvalue weighted by atomic mass is 127. The normalized spacial score (nSPS) is 10.4. The van der Waals surface area contributed by atoms with Crippen LogP contribution in [0.2, 0.25) is 0 Å². The highest BCUT2D eigenvalue weighted by molar-refractivity contribution is 14.1. The lowest BCUT2D eigenvalue weighted by atomic mass is 10.1. The van der Waals surface area contributed by atoms with Gasteiger partial charge in [0.15, 0.2) is 0 Å². The number of amides is 1. The number of hydrogen-bond acceptors (Lipinski definition) is 3. The number of benzene rings is 2. The first kappa shape index (κ1) is 17.3. The van der Waals surface area contributed by atoms with Gasteiger partial charge in [-0.2, -0.15) is 0 Å². The molecule has 0 bridgehead atoms. The van der Waals surface area contributed by atoms with Crippen LogP contribution in [0.3, 0.4) is 0 Å². The van der Waals surface area contributed by atoms with Crippen molar-refractivity contribution >= 4 is 28.5 Å². The third kappa shape index (κ3) is 4.33. The summed E-state index contributed by atoms with van der Waals surface area (Å²) in [4.78, 5) is 28.7. The van der Waals surface area contributed by atoms with E-state index >= 15 is 0 Å². The first-order valence-electron chi connectivity index (χ1n) is 7.80. The van der Waals surface area contributed by atoms with E-state index in [4.69, 9.17) is 0 Å². The Morgan fingerprint density at radius 1 is 1.08 bits per heavy atom. The molecule has 0 aliphatic carbocycles. The van der Waals surface area contributed by atoms with Gasteiger partial charge in [0, 0.05) is 28.3 Å². The summed E-state index contributed by atoms with van der Waals surface area (Å²) in [6.45, 7) is 0.728. The Morgan fingerprint density at radius 3 is 2.52 bits per heavy atom. The molecule has 0 aliphatic rings. The monoisotopic (exact) mass is 445 g/mol. The molecule has 3 rings (SSSR count). The molecule has 1 N–H and O–H groups in total. The Balaban J connectivity index is 1.63. The van der Waals surface area contributed by atoms with Gasteiger partial charge in [-0.25, -0.2) is 4.98 Å². The largest absolute Gasteiger partial charge is 0.350 e. The zero-order valence-corrected chi connectivity index (χ0v) is 15.5. The van der Waals surface area contributed by atoms with E-state index in [2.05, 4.69) is 32.9 Å². The number of hydrogen-bond donors (Lipinski definition) is 1. The van der Waals surface area contributed by atoms with Crippen LogP contribution in [0.15, 0.2) is 71.8 Å². The molecule has 0 radical (unpaired) electrons. The van der Waals surface area contributed by atoms with Crippen LogP contribution in [-0.2, 0) is 6.54 Å². The third-order valence-corrected chi connectivity index (χ3v) is 4.65. The van der Waals surface area contributed by atoms with Crippen LogP contribution in [0.4, 0.5) is 0 Å². The van der Waals surface area contributed by atoms with Crippen LogP contribution in [0, 0.1) is 3.57 Å². The highest BCUT2D eigenvalue weighted by Gasteiger charge is 2.08. The number of carbonyl (C=O) groups is 1. The van der Waals surface area contributed by atoms with Gasteiger partial charge in [-0.15, -0.1) is 0 Å². The van der Waals surface area contributed by atoms with E-state index in [0.29, 0.717) is 24.3 Å². The zero-order valence-electron chi connectivity index (χ0n) is 13.4. The van der Waals surface area contributed by atoms with Crippen molar-refractivity contribution in [2.45, 2.75) is 6.54 Å². The Bertz CT molecular complexity index is 939. The molecule has 1 amide bonds. The summed E-state index contributed by atoms with van der Waals surface area (Å²) in [5.74, 6) is -0.146. The van der Waals surface area contributed by atoms with Gasteiger partial charge < -0.3 is 5.32 Å². The second-order valence-corrected chi connectivity index (χ2v) is 6.57. The van der Waals surface area contributed by atoms with Crippen LogP contribution in [0.1, 0.15) is 10.4 Å². The fraction of sp³-hybridized carbons (Fsp3) is 0.105. The van der Waals surface area contributed by atoms with Crippen LogP contribution in [0.5, 0.6) is 0 Å². The van der Waals surface area contributed by atoms with Crippen molar-refractivity contribution in [1.29, 1.82) is 0 Å². The Kier molecular flexibility index (Phi) is 5.60. The van der Waals surface area contributed by atoms with Gasteiger partial charge in [0.1, 0.15) is 0 Å². The molecule has 5 nitrogen and oxygen atoms in total. The van der Waals surface area contributed by atoms with Crippen LogP contribution >= 0.6 is 22.6 Å². The molecule has 2 aromatic carbocycles. The first-order valence-corrected chi connectivity index (χ1v) is 8.87. The number of halogens is 1. The molecule has 0 aliphatic heterocycles. The van der Waals surface area contributed by atoms with Gasteiger partial charge in [-0.05, 0) is 34.7 Å². The predicted octanol–water partition coefficient (Wildman–Crippen LogP) is 2.94. The van der Waals surface area contributed by atoms with Crippen molar-refractivity contribution < 1.29 is 4.79 Å². The molecule has 0 saturated heterocycles. The van der Waals surface area contributed by atoms with Gasteiger partial charge in [-0.3, -0.25) is 14.2 Å². The van der Waals surface area contributed by atoms with E-state index in [1.54, 1.807) is 6.07 Å². The zero-order chi connectivity index (χ0) is 17.6. The number of carbonyl (C=O) groups excluding carboxylic acids is 1. The summed E-state index contributed by atoms with van der Waals surface area (Å²) in [7, 11) is 0. The Labute approximate surface area is 158 Å². The molecule has 3 aromatic rings. The Morgan fingerprint density at radius 2 is 1.80 bits per heavy atom. The number of nitrogens with zero attached hydrogens (tertiary/aromatic N) is 2. The van der Waals surface area contributed by atoms with E-state index in [9.17, 15) is 9.59 Å². The lowest BCUT2D eigenvalue weighted by Gasteiger charge is -2.09. The van der Waals surface area contributed by atoms with Crippen molar-refractivity contribution in [2.24, 2.45) is 0 Å². The SMILES string of the molecule is O=C(NCCn1cnc(-c2ccccc2)cc1=O)c1ccccc1I. The van der Waals surface area contributed by atoms with Gasteiger partial charge in [0.25, 0.3) is 11.5 Å². The van der Waals surface area contributed by atoms with Crippen molar-refractivity contribution in [3.05, 3.63) is 86.5 Å². The minimum atomic E-state index is -0.146. The minimum Gasteiger partial charge on any atom is -0.350 e. The maximum absolute atomic E-state index is 12.2. The van der Waals surface area contributed by atoms with Crippen LogP contribution in [-0.4, -0.2) is 22.0 Å². The van der Waals surface area contributed by atoms with Crippen molar-refractivity contribution in [3.63, 3.8) is 0 Å². The Hall–Kier alpha value is -2.48. The fourth-order valence-corrected chi connectivity index (χ4v) is 3.02. The van der Waals surface area contributed by atoms with Crippen molar-refractivity contribution in [2.75, 3.05) is 6.54 Å². The lowest BCUT2D eigenvalue weighted by molar-refractivity contribution is 0.0951. The average molecular weight is 445 g/mol. The molecule has 1 aromatic heterocycles. The van der Waals surface area contributed by atoms with E-state index in [1.807, 2.05) is 48.5 Å². The van der Waals surface area contributed by atoms with E-state index < -0.39 is 0 Å². The summed E-state index contributed by atoms with van der Waals surface area (Å²) in [6.07, 6.45) is 1.52. The van der Waals surface area contributed by atoms with Gasteiger partial charge in [0.2, 0.25) is 0 Å². The fourth-order valence-electron chi connectivity index (χ4n) is 2.39. The second kappa shape index (κ2) is 8.06. The van der Waals surface area contributed by atoms with Crippen molar-refractivity contribution in [3.8, 4) is 11.3 Å². The van der Waals surface area contributed by atoms with Crippen molar-refractivity contribution in [1.82, 2.24) is 14.9 Å². The summed E-state index contributed by atoms with van der Waals surface area (Å²) in [5.41, 5.74) is 2.04. The topological polar surface area (TPSA) is 64.0 Å². The number of nitrogens with one attached hydrogen (secondary N) is 1. The third-order valence-electron chi connectivity index (χ3n) is 3.71. The quantitative estimate of drug-likeness (QED) is 0.615. The van der Waals surface area contributed by atoms with Gasteiger partial charge >= 0.3 is 0 Å². The van der Waals surface area contributed by atoms with E-state index in [-0.39, 0.29) is 11.5 Å². The number of aromatic nitrogens is 2. The van der Waals surface area contributed by atoms with E-state index in [0.717, 1.165) is 9.13 Å². The van der Waals surface area contributed by atoms with E-state index in [1.165, 1.54) is 17.0 Å². The molecule has 6 heteroatoms. The van der Waals surface area contributed by atoms with Gasteiger partial charge in [0.05, 0.1) is 17.6 Å². The average Bonchev–Trinajstić information content (AvgIpc) is 2.64. The molecular formula is C19H16IN3O2. The number of rotatable bonds is 5. The standard InChI is InChI=1S/C19H16IN3O2/c20-16-9-5-4-8-15(16)19(25)21-10-11-23-13-22-17(12-18(23)24)14-6-2-1-3-7-14/h1-9,12-13H,10-11H2,(H,21,25). The molecule has 1 heterocycles. The summed E-state index contributed by atoms with van der Waals surface area (Å²) in [6, 6.07) is 18.4. The molecule has 0 unspecified atom stereocenters. The van der Waals surface area contributed by atoms with Gasteiger partial charge in [-0.1, -0.05) is 42.5 Å². The molecule has 0 atom stereocenters. The maximum Gasteiger partial charge on any atom is 0.253 e. The maximum atomic E-state index is 12.2. The minimum absolute atomic E-state index is 0.141. The first-order chi connectivity index (χ1) is 12.1. The smallest absolute Gasteiger partial charge is 0.253 e. The molecule has 25 heavy (non-hydrogen) atoms. The highest BCUT2D eigenvalue weighted by Crippen LogP contribution is 2.13. The lowest BCUT2D eigenvalue weighted by Crippen LogP contribution is -2.31.